The number of carbonyl (C=O) groups is 2. The minimum Gasteiger partial charge on any atom is -0.504 e. The second-order valence-corrected chi connectivity index (χ2v) is 14.4. The van der Waals surface area contributed by atoms with Crippen molar-refractivity contribution in [2.24, 2.45) is 5.41 Å². The van der Waals surface area contributed by atoms with Crippen molar-refractivity contribution >= 4 is 34.5 Å². The van der Waals surface area contributed by atoms with Gasteiger partial charge in [0, 0.05) is 43.5 Å². The van der Waals surface area contributed by atoms with Crippen LogP contribution in [0.2, 0.25) is 0 Å². The summed E-state index contributed by atoms with van der Waals surface area (Å²) in [7, 11) is 0. The summed E-state index contributed by atoms with van der Waals surface area (Å²) in [5.41, 5.74) is -1.26. The van der Waals surface area contributed by atoms with E-state index in [1.165, 1.54) is 6.33 Å². The Bertz CT molecular complexity index is 1920. The molecule has 260 valence electrons. The van der Waals surface area contributed by atoms with Gasteiger partial charge in [-0.25, -0.2) is 19.9 Å². The molecule has 6 fully saturated rings. The average Bonchev–Trinajstić information content (AvgIpc) is 3.55. The second kappa shape index (κ2) is 11.0. The minimum atomic E-state index is -4.29. The molecule has 0 unspecified atom stereocenters. The van der Waals surface area contributed by atoms with E-state index in [1.807, 2.05) is 11.8 Å². The minimum absolute atomic E-state index is 0.0606. The number of rotatable bonds is 7. The van der Waals surface area contributed by atoms with Crippen LogP contribution in [0.25, 0.3) is 11.2 Å². The number of fused-ring (bicyclic) bond motifs is 2. The van der Waals surface area contributed by atoms with Gasteiger partial charge in [0.1, 0.15) is 24.4 Å². The van der Waals surface area contributed by atoms with E-state index in [0.717, 1.165) is 25.9 Å². The molecular formula is C33H38F3N9O4. The smallest absolute Gasteiger partial charge is 0.394 e. The maximum absolute atomic E-state index is 14.5. The zero-order valence-corrected chi connectivity index (χ0v) is 27.4. The van der Waals surface area contributed by atoms with E-state index >= 15 is 0 Å². The van der Waals surface area contributed by atoms with Crippen molar-refractivity contribution in [2.45, 2.75) is 95.6 Å². The molecule has 0 aromatic carbocycles. The van der Waals surface area contributed by atoms with Gasteiger partial charge in [0.05, 0.1) is 23.3 Å². The molecule has 16 heteroatoms. The Morgan fingerprint density at radius 1 is 1.04 bits per heavy atom. The number of alkyl halides is 3. The third kappa shape index (κ3) is 4.76. The number of nitrogens with one attached hydrogen (secondary N) is 1. The molecule has 5 heterocycles. The van der Waals surface area contributed by atoms with Crippen LogP contribution in [-0.2, 0) is 17.8 Å². The monoisotopic (exact) mass is 681 g/mol. The molecule has 13 nitrogen and oxygen atoms in total. The molecule has 2 atom stereocenters. The Balaban J connectivity index is 1.14. The molecule has 0 radical (unpaired) electrons. The lowest BCUT2D eigenvalue weighted by Crippen LogP contribution is -2.78. The summed E-state index contributed by atoms with van der Waals surface area (Å²) in [4.78, 5) is 65.0. The summed E-state index contributed by atoms with van der Waals surface area (Å²) in [6.07, 6.45) is 2.00. The topological polar surface area (TPSA) is 150 Å². The number of halogens is 3. The summed E-state index contributed by atoms with van der Waals surface area (Å²) in [5.74, 6) is -0.517. The van der Waals surface area contributed by atoms with Gasteiger partial charge >= 0.3 is 6.18 Å². The van der Waals surface area contributed by atoms with E-state index < -0.39 is 28.9 Å². The number of anilines is 2. The molecule has 4 aliphatic carbocycles. The van der Waals surface area contributed by atoms with Crippen LogP contribution in [0.1, 0.15) is 73.7 Å². The fourth-order valence-electron chi connectivity index (χ4n) is 8.87. The SMILES string of the molecule is CCc1c(N2CCN(C(=O)c3ncnc(C)c3O)[C@@H]3CC[C@H]32)c(=O)c2nc(N3CCCC3)cnc2n1CC(=O)NC12CC(C(F)(F)F)(C1)C2. The second-order valence-electron chi connectivity index (χ2n) is 14.4. The number of aromatic hydroxyl groups is 1. The third-order valence-corrected chi connectivity index (χ3v) is 11.5. The Kier molecular flexibility index (Phi) is 7.13. The molecule has 4 saturated carbocycles. The van der Waals surface area contributed by atoms with Crippen molar-refractivity contribution in [1.29, 1.82) is 0 Å². The Labute approximate surface area is 279 Å². The Hall–Kier alpha value is -4.50. The number of carbonyl (C=O) groups excluding carboxylic acids is 2. The number of pyridine rings is 1. The van der Waals surface area contributed by atoms with Crippen LogP contribution in [0.15, 0.2) is 17.3 Å². The van der Waals surface area contributed by atoms with Crippen LogP contribution >= 0.6 is 0 Å². The van der Waals surface area contributed by atoms with Crippen molar-refractivity contribution in [3.8, 4) is 5.75 Å². The molecule has 3 aromatic rings. The first-order valence-electron chi connectivity index (χ1n) is 17.0. The maximum Gasteiger partial charge on any atom is 0.394 e. The van der Waals surface area contributed by atoms with E-state index in [0.29, 0.717) is 48.7 Å². The Morgan fingerprint density at radius 2 is 1.76 bits per heavy atom. The molecule has 2 aliphatic heterocycles. The third-order valence-electron chi connectivity index (χ3n) is 11.5. The number of hydrogen-bond acceptors (Lipinski definition) is 10. The number of amides is 2. The van der Waals surface area contributed by atoms with E-state index in [1.54, 1.807) is 22.6 Å². The molecule has 2 N–H and O–H groups in total. The average molecular weight is 682 g/mol. The molecule has 6 aliphatic rings. The molecule has 3 aromatic heterocycles. The van der Waals surface area contributed by atoms with Crippen LogP contribution in [-0.4, -0.2) is 96.3 Å². The normalized spacial score (nSPS) is 27.3. The Morgan fingerprint density at radius 3 is 2.41 bits per heavy atom. The van der Waals surface area contributed by atoms with Gasteiger partial charge in [0.15, 0.2) is 22.6 Å². The highest BCUT2D eigenvalue weighted by atomic mass is 19.4. The van der Waals surface area contributed by atoms with Gasteiger partial charge in [0.25, 0.3) is 5.91 Å². The molecular weight excluding hydrogens is 643 g/mol. The van der Waals surface area contributed by atoms with E-state index in [9.17, 15) is 32.7 Å². The summed E-state index contributed by atoms with van der Waals surface area (Å²) in [5, 5.41) is 13.4. The number of hydrogen-bond donors (Lipinski definition) is 2. The molecule has 2 bridgehead atoms. The number of nitrogens with zero attached hydrogens (tertiary/aromatic N) is 8. The quantitative estimate of drug-likeness (QED) is 0.381. The van der Waals surface area contributed by atoms with Gasteiger partial charge in [-0.15, -0.1) is 0 Å². The number of piperazine rings is 1. The van der Waals surface area contributed by atoms with Crippen molar-refractivity contribution < 1.29 is 27.9 Å². The van der Waals surface area contributed by atoms with E-state index in [2.05, 4.69) is 25.2 Å². The molecule has 9 rings (SSSR count). The number of aromatic nitrogens is 5. The van der Waals surface area contributed by atoms with Crippen molar-refractivity contribution in [3.63, 3.8) is 0 Å². The first-order valence-corrected chi connectivity index (χ1v) is 17.0. The molecule has 0 spiro atoms. The molecule has 2 saturated heterocycles. The fraction of sp³-hybridized carbons (Fsp3) is 0.606. The predicted octanol–water partition coefficient (Wildman–Crippen LogP) is 2.85. The van der Waals surface area contributed by atoms with Gasteiger partial charge in [-0.3, -0.25) is 14.4 Å². The summed E-state index contributed by atoms with van der Waals surface area (Å²) in [6, 6.07) is -0.436. The van der Waals surface area contributed by atoms with Gasteiger partial charge in [0.2, 0.25) is 11.3 Å². The van der Waals surface area contributed by atoms with Gasteiger partial charge < -0.3 is 29.7 Å². The first kappa shape index (κ1) is 31.7. The molecule has 2 amide bonds. The summed E-state index contributed by atoms with van der Waals surface area (Å²) >= 11 is 0. The summed E-state index contributed by atoms with van der Waals surface area (Å²) < 4.78 is 42.2. The maximum atomic E-state index is 14.5. The van der Waals surface area contributed by atoms with Crippen molar-refractivity contribution in [2.75, 3.05) is 36.0 Å². The van der Waals surface area contributed by atoms with E-state index in [4.69, 9.17) is 4.98 Å². The zero-order chi connectivity index (χ0) is 34.5. The fourth-order valence-corrected chi connectivity index (χ4v) is 8.87. The van der Waals surface area contributed by atoms with Crippen LogP contribution in [0, 0.1) is 12.3 Å². The largest absolute Gasteiger partial charge is 0.504 e. The zero-order valence-electron chi connectivity index (χ0n) is 27.4. The van der Waals surface area contributed by atoms with E-state index in [-0.39, 0.29) is 72.5 Å². The van der Waals surface area contributed by atoms with Gasteiger partial charge in [-0.05, 0) is 58.3 Å². The highest BCUT2D eigenvalue weighted by Crippen LogP contribution is 2.73. The van der Waals surface area contributed by atoms with Crippen molar-refractivity contribution in [3.05, 3.63) is 39.8 Å². The lowest BCUT2D eigenvalue weighted by atomic mass is 9.39. The predicted molar refractivity (Wildman–Crippen MR) is 171 cm³/mol. The van der Waals surface area contributed by atoms with Gasteiger partial charge in [-0.2, -0.15) is 13.2 Å². The highest BCUT2D eigenvalue weighted by molar-refractivity contribution is 5.95. The van der Waals surface area contributed by atoms with Gasteiger partial charge in [-0.1, -0.05) is 6.92 Å². The highest BCUT2D eigenvalue weighted by Gasteiger charge is 2.79. The van der Waals surface area contributed by atoms with Crippen LogP contribution in [0.3, 0.4) is 0 Å². The van der Waals surface area contributed by atoms with Crippen LogP contribution < -0.4 is 20.5 Å². The lowest BCUT2D eigenvalue weighted by molar-refractivity contribution is -0.337. The lowest BCUT2D eigenvalue weighted by Gasteiger charge is -2.70. The standard InChI is InChI=1S/C33H38F3N9O4/c1-3-19-26(43-10-11-44(21-7-6-20(21)43)30(49)25-27(47)18(2)38-17-39-25)28(48)24-29(37-12-22(40-24)42-8-4-5-9-42)45(19)13-23(46)41-32-14-31(15-32,16-32)33(34,35)36/h12,17,20-21,47H,3-11,13-16H2,1-2H3,(H,41,46)/t20-,21-,31?,32?/m1/s1. The van der Waals surface area contributed by atoms with Crippen LogP contribution in [0.5, 0.6) is 5.75 Å². The molecule has 49 heavy (non-hydrogen) atoms. The van der Waals surface area contributed by atoms with Crippen molar-refractivity contribution in [1.82, 2.24) is 34.7 Å². The van der Waals surface area contributed by atoms with Crippen LogP contribution in [0.4, 0.5) is 24.7 Å². The first-order chi connectivity index (χ1) is 23.4. The summed E-state index contributed by atoms with van der Waals surface area (Å²) in [6.45, 7) is 5.42. The number of aryl methyl sites for hydroxylation is 1.